The second kappa shape index (κ2) is 22.9. The van der Waals surface area contributed by atoms with E-state index in [2.05, 4.69) is 24.2 Å². The van der Waals surface area contributed by atoms with Crippen molar-refractivity contribution in [3.05, 3.63) is 0 Å². The van der Waals surface area contributed by atoms with Gasteiger partial charge in [-0.15, -0.1) is 0 Å². The molecule has 3 heteroatoms. The standard InChI is InChI=1S/C23H51N3/c1-3-5-7-9-11-13-15-17-21-26(23-19-20-25-24)22-18-16-14-12-10-8-6-4-2/h25H,3-24H2,1-2H3. The highest BCUT2D eigenvalue weighted by atomic mass is 15.2. The molecular formula is C23H51N3. The minimum Gasteiger partial charge on any atom is -0.303 e. The number of hydrogen-bond donors (Lipinski definition) is 2. The highest BCUT2D eigenvalue weighted by Crippen LogP contribution is 2.11. The van der Waals surface area contributed by atoms with Gasteiger partial charge in [0.25, 0.3) is 0 Å². The van der Waals surface area contributed by atoms with Gasteiger partial charge >= 0.3 is 0 Å². The van der Waals surface area contributed by atoms with E-state index in [4.69, 9.17) is 5.84 Å². The Hall–Kier alpha value is -0.120. The molecule has 0 bridgehead atoms. The smallest absolute Gasteiger partial charge is 0.0110 e. The molecule has 0 aliphatic rings. The summed E-state index contributed by atoms with van der Waals surface area (Å²) in [6, 6.07) is 0. The Labute approximate surface area is 165 Å². The molecule has 0 unspecified atom stereocenters. The van der Waals surface area contributed by atoms with Crippen LogP contribution < -0.4 is 11.3 Å². The Morgan fingerprint density at radius 1 is 0.500 bits per heavy atom. The highest BCUT2D eigenvalue weighted by Gasteiger charge is 2.04. The maximum Gasteiger partial charge on any atom is 0.0110 e. The summed E-state index contributed by atoms with van der Waals surface area (Å²) in [5.41, 5.74) is 2.80. The molecule has 0 amide bonds. The monoisotopic (exact) mass is 369 g/mol. The molecule has 0 saturated carbocycles. The van der Waals surface area contributed by atoms with E-state index in [1.807, 2.05) is 0 Å². The molecule has 0 atom stereocenters. The van der Waals surface area contributed by atoms with Crippen LogP contribution in [-0.4, -0.2) is 31.1 Å². The van der Waals surface area contributed by atoms with E-state index in [-0.39, 0.29) is 0 Å². The van der Waals surface area contributed by atoms with Gasteiger partial charge in [0.2, 0.25) is 0 Å². The highest BCUT2D eigenvalue weighted by molar-refractivity contribution is 4.60. The fourth-order valence-corrected chi connectivity index (χ4v) is 3.68. The lowest BCUT2D eigenvalue weighted by Gasteiger charge is -2.22. The lowest BCUT2D eigenvalue weighted by molar-refractivity contribution is 0.256. The van der Waals surface area contributed by atoms with Crippen molar-refractivity contribution >= 4 is 0 Å². The summed E-state index contributed by atoms with van der Waals surface area (Å²) in [6.07, 6.45) is 23.8. The van der Waals surface area contributed by atoms with E-state index in [1.165, 1.54) is 129 Å². The van der Waals surface area contributed by atoms with Crippen LogP contribution in [0.5, 0.6) is 0 Å². The lowest BCUT2D eigenvalue weighted by atomic mass is 10.1. The summed E-state index contributed by atoms with van der Waals surface area (Å²) in [6.45, 7) is 9.30. The van der Waals surface area contributed by atoms with Gasteiger partial charge in [0.05, 0.1) is 0 Å². The van der Waals surface area contributed by atoms with E-state index >= 15 is 0 Å². The van der Waals surface area contributed by atoms with Crippen LogP contribution in [0.2, 0.25) is 0 Å². The van der Waals surface area contributed by atoms with Crippen LogP contribution in [0, 0.1) is 0 Å². The Bertz CT molecular complexity index is 226. The van der Waals surface area contributed by atoms with Crippen LogP contribution in [0.25, 0.3) is 0 Å². The Balaban J connectivity index is 3.63. The van der Waals surface area contributed by atoms with Crippen LogP contribution in [0.4, 0.5) is 0 Å². The van der Waals surface area contributed by atoms with Crippen LogP contribution in [-0.2, 0) is 0 Å². The molecule has 3 nitrogen and oxygen atoms in total. The molecule has 0 aromatic heterocycles. The van der Waals surface area contributed by atoms with Crippen molar-refractivity contribution < 1.29 is 0 Å². The molecule has 0 aliphatic heterocycles. The second-order valence-corrected chi connectivity index (χ2v) is 8.10. The van der Waals surface area contributed by atoms with Crippen molar-refractivity contribution in [3.63, 3.8) is 0 Å². The number of nitrogens with one attached hydrogen (secondary N) is 1. The molecule has 0 heterocycles. The first-order valence-corrected chi connectivity index (χ1v) is 12.0. The molecule has 0 aromatic carbocycles. The van der Waals surface area contributed by atoms with Crippen molar-refractivity contribution in [2.75, 3.05) is 26.2 Å². The number of rotatable bonds is 22. The topological polar surface area (TPSA) is 41.3 Å². The Kier molecular flexibility index (Phi) is 22.8. The van der Waals surface area contributed by atoms with Crippen molar-refractivity contribution in [1.82, 2.24) is 10.3 Å². The summed E-state index contributed by atoms with van der Waals surface area (Å²) >= 11 is 0. The molecule has 0 saturated heterocycles. The fourth-order valence-electron chi connectivity index (χ4n) is 3.68. The Morgan fingerprint density at radius 3 is 1.23 bits per heavy atom. The van der Waals surface area contributed by atoms with Gasteiger partial charge in [-0.3, -0.25) is 11.3 Å². The quantitative estimate of drug-likeness (QED) is 0.131. The van der Waals surface area contributed by atoms with Crippen molar-refractivity contribution in [3.8, 4) is 0 Å². The van der Waals surface area contributed by atoms with E-state index in [0.717, 1.165) is 6.54 Å². The molecule has 26 heavy (non-hydrogen) atoms. The third-order valence-electron chi connectivity index (χ3n) is 5.45. The van der Waals surface area contributed by atoms with Gasteiger partial charge in [0.15, 0.2) is 0 Å². The predicted molar refractivity (Wildman–Crippen MR) is 118 cm³/mol. The molecule has 0 aliphatic carbocycles. The first kappa shape index (κ1) is 25.9. The molecule has 158 valence electrons. The number of hydrazine groups is 1. The van der Waals surface area contributed by atoms with E-state index < -0.39 is 0 Å². The van der Waals surface area contributed by atoms with Crippen LogP contribution >= 0.6 is 0 Å². The van der Waals surface area contributed by atoms with Crippen molar-refractivity contribution in [2.24, 2.45) is 5.84 Å². The van der Waals surface area contributed by atoms with Crippen LogP contribution in [0.3, 0.4) is 0 Å². The summed E-state index contributed by atoms with van der Waals surface area (Å²) in [7, 11) is 0. The maximum atomic E-state index is 5.43. The number of unbranched alkanes of at least 4 members (excludes halogenated alkanes) is 14. The number of nitrogens with zero attached hydrogens (tertiary/aromatic N) is 1. The first-order valence-electron chi connectivity index (χ1n) is 12.0. The van der Waals surface area contributed by atoms with Gasteiger partial charge < -0.3 is 4.90 Å². The SMILES string of the molecule is CCCCCCCCCCN(CCCCCCCCCC)CCCNN. The van der Waals surface area contributed by atoms with Gasteiger partial charge in [-0.1, -0.05) is 104 Å². The van der Waals surface area contributed by atoms with Gasteiger partial charge in [0.1, 0.15) is 0 Å². The van der Waals surface area contributed by atoms with Crippen molar-refractivity contribution in [1.29, 1.82) is 0 Å². The van der Waals surface area contributed by atoms with Crippen LogP contribution in [0.15, 0.2) is 0 Å². The molecule has 0 aromatic rings. The zero-order valence-electron chi connectivity index (χ0n) is 18.4. The summed E-state index contributed by atoms with van der Waals surface area (Å²) in [5, 5.41) is 0. The normalized spacial score (nSPS) is 11.5. The maximum absolute atomic E-state index is 5.43. The summed E-state index contributed by atoms with van der Waals surface area (Å²) in [5.74, 6) is 5.43. The fraction of sp³-hybridized carbons (Fsp3) is 1.00. The number of nitrogens with two attached hydrogens (primary N) is 1. The second-order valence-electron chi connectivity index (χ2n) is 8.10. The Morgan fingerprint density at radius 2 is 0.846 bits per heavy atom. The summed E-state index contributed by atoms with van der Waals surface area (Å²) < 4.78 is 0. The molecule has 0 fully saturated rings. The molecule has 0 spiro atoms. The average Bonchev–Trinajstić information content (AvgIpc) is 2.65. The zero-order valence-corrected chi connectivity index (χ0v) is 18.4. The van der Waals surface area contributed by atoms with E-state index in [0.29, 0.717) is 0 Å². The zero-order chi connectivity index (χ0) is 19.1. The third-order valence-corrected chi connectivity index (χ3v) is 5.45. The van der Waals surface area contributed by atoms with Gasteiger partial charge in [-0.25, -0.2) is 0 Å². The van der Waals surface area contributed by atoms with E-state index in [9.17, 15) is 0 Å². The van der Waals surface area contributed by atoms with Crippen LogP contribution in [0.1, 0.15) is 123 Å². The first-order chi connectivity index (χ1) is 12.8. The van der Waals surface area contributed by atoms with Gasteiger partial charge in [0, 0.05) is 6.54 Å². The minimum atomic E-state index is 0.936. The average molecular weight is 370 g/mol. The van der Waals surface area contributed by atoms with E-state index in [1.54, 1.807) is 0 Å². The minimum absolute atomic E-state index is 0.936. The van der Waals surface area contributed by atoms with Crippen molar-refractivity contribution in [2.45, 2.75) is 123 Å². The summed E-state index contributed by atoms with van der Waals surface area (Å²) in [4.78, 5) is 2.69. The molecule has 0 radical (unpaired) electrons. The van der Waals surface area contributed by atoms with Gasteiger partial charge in [-0.2, -0.15) is 0 Å². The lowest BCUT2D eigenvalue weighted by Crippen LogP contribution is -2.31. The van der Waals surface area contributed by atoms with Gasteiger partial charge in [-0.05, 0) is 38.9 Å². The third kappa shape index (κ3) is 20.2. The molecule has 3 N–H and O–H groups in total. The predicted octanol–water partition coefficient (Wildman–Crippen LogP) is 6.42. The number of hydrogen-bond acceptors (Lipinski definition) is 3. The largest absolute Gasteiger partial charge is 0.303 e. The molecule has 0 rings (SSSR count). The molecular weight excluding hydrogens is 318 g/mol.